The van der Waals surface area contributed by atoms with Crippen LogP contribution in [0.5, 0.6) is 5.75 Å². The molecule has 146 valence electrons. The summed E-state index contributed by atoms with van der Waals surface area (Å²) in [6, 6.07) is 5.39. The van der Waals surface area contributed by atoms with Crippen molar-refractivity contribution in [2.45, 2.75) is 33.2 Å². The third-order valence-electron chi connectivity index (χ3n) is 5.45. The van der Waals surface area contributed by atoms with E-state index in [0.717, 1.165) is 43.1 Å². The van der Waals surface area contributed by atoms with Gasteiger partial charge in [0.15, 0.2) is 0 Å². The summed E-state index contributed by atoms with van der Waals surface area (Å²) in [5.74, 6) is 2.14. The van der Waals surface area contributed by atoms with Crippen LogP contribution in [0.4, 0.5) is 5.82 Å². The topological polar surface area (TPSA) is 73.1 Å². The number of piperidine rings is 1. The summed E-state index contributed by atoms with van der Waals surface area (Å²) >= 11 is 0. The van der Waals surface area contributed by atoms with Crippen LogP contribution in [0, 0.1) is 19.8 Å². The van der Waals surface area contributed by atoms with Crippen molar-refractivity contribution in [2.24, 2.45) is 5.92 Å². The number of nitrogens with zero attached hydrogens (tertiary/aromatic N) is 5. The molecule has 1 fully saturated rings. The first-order chi connectivity index (χ1) is 13.5. The second kappa shape index (κ2) is 7.58. The van der Waals surface area contributed by atoms with E-state index in [9.17, 15) is 4.79 Å². The standard InChI is InChI=1S/C21H25N5O2/c1-14-11-22-15(2)20(24-14)25-8-6-16(7-9-25)12-26-13-23-19-10-17(28-3)4-5-18(19)21(26)27/h4-5,10-11,13,16H,6-9,12H2,1-3H3. The average Bonchev–Trinajstić information content (AvgIpc) is 2.72. The van der Waals surface area contributed by atoms with Crippen LogP contribution in [0.1, 0.15) is 24.2 Å². The van der Waals surface area contributed by atoms with E-state index >= 15 is 0 Å². The summed E-state index contributed by atoms with van der Waals surface area (Å²) < 4.78 is 6.96. The smallest absolute Gasteiger partial charge is 0.261 e. The molecule has 1 aliphatic rings. The summed E-state index contributed by atoms with van der Waals surface area (Å²) in [4.78, 5) is 28.7. The van der Waals surface area contributed by atoms with Crippen molar-refractivity contribution < 1.29 is 4.74 Å². The van der Waals surface area contributed by atoms with Gasteiger partial charge in [0.1, 0.15) is 11.6 Å². The molecule has 3 heterocycles. The molecule has 7 heteroatoms. The molecule has 0 atom stereocenters. The van der Waals surface area contributed by atoms with Crippen molar-refractivity contribution in [3.8, 4) is 5.75 Å². The maximum atomic E-state index is 12.8. The number of rotatable bonds is 4. The Morgan fingerprint density at radius 1 is 1.18 bits per heavy atom. The minimum absolute atomic E-state index is 0.00970. The van der Waals surface area contributed by atoms with Crippen LogP contribution >= 0.6 is 0 Å². The van der Waals surface area contributed by atoms with E-state index in [1.54, 1.807) is 42.4 Å². The summed E-state index contributed by atoms with van der Waals surface area (Å²) in [5.41, 5.74) is 2.59. The number of aryl methyl sites for hydroxylation is 2. The number of benzene rings is 1. The van der Waals surface area contributed by atoms with Crippen LogP contribution in [0.2, 0.25) is 0 Å². The molecule has 2 aromatic heterocycles. The molecular weight excluding hydrogens is 354 g/mol. The first kappa shape index (κ1) is 18.4. The lowest BCUT2D eigenvalue weighted by atomic mass is 9.96. The third-order valence-corrected chi connectivity index (χ3v) is 5.45. The zero-order valence-electron chi connectivity index (χ0n) is 16.6. The van der Waals surface area contributed by atoms with Gasteiger partial charge in [0, 0.05) is 31.9 Å². The fraction of sp³-hybridized carbons (Fsp3) is 0.429. The molecule has 1 aliphatic heterocycles. The third kappa shape index (κ3) is 3.56. The molecule has 0 saturated carbocycles. The highest BCUT2D eigenvalue weighted by molar-refractivity contribution is 5.78. The minimum atomic E-state index is 0.00970. The van der Waals surface area contributed by atoms with E-state index in [1.807, 2.05) is 13.8 Å². The highest BCUT2D eigenvalue weighted by Crippen LogP contribution is 2.25. The number of hydrogen-bond acceptors (Lipinski definition) is 6. The average molecular weight is 379 g/mol. The van der Waals surface area contributed by atoms with Gasteiger partial charge in [-0.25, -0.2) is 9.97 Å². The number of fused-ring (bicyclic) bond motifs is 1. The number of aromatic nitrogens is 4. The quantitative estimate of drug-likeness (QED) is 0.694. The van der Waals surface area contributed by atoms with Crippen molar-refractivity contribution >= 4 is 16.7 Å². The lowest BCUT2D eigenvalue weighted by Crippen LogP contribution is -2.37. The van der Waals surface area contributed by atoms with Crippen molar-refractivity contribution in [3.05, 3.63) is 52.5 Å². The van der Waals surface area contributed by atoms with Gasteiger partial charge in [-0.3, -0.25) is 14.3 Å². The summed E-state index contributed by atoms with van der Waals surface area (Å²) in [7, 11) is 1.61. The second-order valence-corrected chi connectivity index (χ2v) is 7.44. The Labute approximate surface area is 164 Å². The Morgan fingerprint density at radius 2 is 1.96 bits per heavy atom. The van der Waals surface area contributed by atoms with Gasteiger partial charge in [-0.15, -0.1) is 0 Å². The zero-order chi connectivity index (χ0) is 19.7. The molecule has 4 rings (SSSR count). The summed E-state index contributed by atoms with van der Waals surface area (Å²) in [5, 5.41) is 0.631. The van der Waals surface area contributed by atoms with Gasteiger partial charge in [-0.1, -0.05) is 0 Å². The van der Waals surface area contributed by atoms with Gasteiger partial charge >= 0.3 is 0 Å². The van der Waals surface area contributed by atoms with Crippen LogP contribution in [-0.2, 0) is 6.54 Å². The Balaban J connectivity index is 1.47. The maximum Gasteiger partial charge on any atom is 0.261 e. The predicted octanol–water partition coefficient (Wildman–Crippen LogP) is 2.73. The van der Waals surface area contributed by atoms with Crippen molar-refractivity contribution in [2.75, 3.05) is 25.1 Å². The number of anilines is 1. The number of hydrogen-bond donors (Lipinski definition) is 0. The number of methoxy groups -OCH3 is 1. The fourth-order valence-electron chi connectivity index (χ4n) is 3.83. The van der Waals surface area contributed by atoms with Crippen molar-refractivity contribution in [3.63, 3.8) is 0 Å². The molecule has 0 unspecified atom stereocenters. The van der Waals surface area contributed by atoms with Crippen LogP contribution in [0.15, 0.2) is 35.5 Å². The van der Waals surface area contributed by atoms with Gasteiger partial charge in [0.2, 0.25) is 0 Å². The Hall–Kier alpha value is -2.96. The predicted molar refractivity (Wildman–Crippen MR) is 109 cm³/mol. The highest BCUT2D eigenvalue weighted by atomic mass is 16.5. The normalized spacial score (nSPS) is 15.2. The lowest BCUT2D eigenvalue weighted by Gasteiger charge is -2.33. The summed E-state index contributed by atoms with van der Waals surface area (Å²) in [6.45, 7) is 6.52. The molecule has 28 heavy (non-hydrogen) atoms. The molecule has 0 amide bonds. The van der Waals surface area contributed by atoms with Gasteiger partial charge in [-0.2, -0.15) is 0 Å². The lowest BCUT2D eigenvalue weighted by molar-refractivity contribution is 0.350. The molecular formula is C21H25N5O2. The van der Waals surface area contributed by atoms with E-state index in [0.29, 0.717) is 29.1 Å². The largest absolute Gasteiger partial charge is 0.497 e. The van der Waals surface area contributed by atoms with Crippen LogP contribution in [0.25, 0.3) is 10.9 Å². The van der Waals surface area contributed by atoms with Crippen LogP contribution < -0.4 is 15.2 Å². The van der Waals surface area contributed by atoms with Crippen molar-refractivity contribution in [1.82, 2.24) is 19.5 Å². The van der Waals surface area contributed by atoms with E-state index in [4.69, 9.17) is 4.74 Å². The Morgan fingerprint density at radius 3 is 2.71 bits per heavy atom. The Bertz CT molecular complexity index is 1050. The molecule has 0 spiro atoms. The molecule has 0 radical (unpaired) electrons. The first-order valence-corrected chi connectivity index (χ1v) is 9.63. The highest BCUT2D eigenvalue weighted by Gasteiger charge is 2.22. The molecule has 0 bridgehead atoms. The van der Waals surface area contributed by atoms with Crippen molar-refractivity contribution in [1.29, 1.82) is 0 Å². The van der Waals surface area contributed by atoms with Gasteiger partial charge in [-0.05, 0) is 44.7 Å². The van der Waals surface area contributed by atoms with Gasteiger partial charge in [0.25, 0.3) is 5.56 Å². The molecule has 7 nitrogen and oxygen atoms in total. The van der Waals surface area contributed by atoms with Crippen LogP contribution in [0.3, 0.4) is 0 Å². The van der Waals surface area contributed by atoms with Gasteiger partial charge in [0.05, 0.1) is 35.7 Å². The van der Waals surface area contributed by atoms with Crippen LogP contribution in [-0.4, -0.2) is 39.7 Å². The fourth-order valence-corrected chi connectivity index (χ4v) is 3.83. The second-order valence-electron chi connectivity index (χ2n) is 7.44. The number of ether oxygens (including phenoxy) is 1. The monoisotopic (exact) mass is 379 g/mol. The maximum absolute atomic E-state index is 12.8. The van der Waals surface area contributed by atoms with E-state index in [-0.39, 0.29) is 5.56 Å². The minimum Gasteiger partial charge on any atom is -0.497 e. The van der Waals surface area contributed by atoms with E-state index in [1.165, 1.54) is 0 Å². The molecule has 0 aliphatic carbocycles. The van der Waals surface area contributed by atoms with Gasteiger partial charge < -0.3 is 9.64 Å². The molecule has 3 aromatic rings. The molecule has 0 N–H and O–H groups in total. The zero-order valence-corrected chi connectivity index (χ0v) is 16.6. The molecule has 1 aromatic carbocycles. The van der Waals surface area contributed by atoms with E-state index in [2.05, 4.69) is 19.9 Å². The van der Waals surface area contributed by atoms with E-state index < -0.39 is 0 Å². The first-order valence-electron chi connectivity index (χ1n) is 9.63. The Kier molecular flexibility index (Phi) is 4.98. The summed E-state index contributed by atoms with van der Waals surface area (Å²) in [6.07, 6.45) is 5.50. The SMILES string of the molecule is COc1ccc2c(=O)n(CC3CCN(c4nc(C)cnc4C)CC3)cnc2c1. The molecule has 1 saturated heterocycles.